The van der Waals surface area contributed by atoms with E-state index in [1.807, 2.05) is 40.9 Å². The maximum absolute atomic E-state index is 13.0. The highest BCUT2D eigenvalue weighted by Gasteiger charge is 2.29. The van der Waals surface area contributed by atoms with Crippen molar-refractivity contribution in [2.24, 2.45) is 0 Å². The summed E-state index contributed by atoms with van der Waals surface area (Å²) in [6, 6.07) is 7.56. The molecule has 0 unspecified atom stereocenters. The fraction of sp³-hybridized carbons (Fsp3) is 0.389. The third-order valence-corrected chi connectivity index (χ3v) is 4.57. The Bertz CT molecular complexity index is 853. The van der Waals surface area contributed by atoms with E-state index in [-0.39, 0.29) is 11.9 Å². The first-order chi connectivity index (χ1) is 11.7. The fourth-order valence-corrected chi connectivity index (χ4v) is 3.35. The van der Waals surface area contributed by atoms with Crippen molar-refractivity contribution in [2.45, 2.75) is 38.8 Å². The van der Waals surface area contributed by atoms with Crippen molar-refractivity contribution in [3.8, 4) is 0 Å². The van der Waals surface area contributed by atoms with Crippen molar-refractivity contribution in [3.63, 3.8) is 0 Å². The van der Waals surface area contributed by atoms with E-state index in [2.05, 4.69) is 10.1 Å². The topological polar surface area (TPSA) is 64.2 Å². The van der Waals surface area contributed by atoms with Gasteiger partial charge in [0.05, 0.1) is 12.6 Å². The van der Waals surface area contributed by atoms with Gasteiger partial charge in [-0.05, 0) is 44.4 Å². The molecule has 0 radical (unpaired) electrons. The SMILES string of the molecule is Cc1ccc2oc(C(=O)N3CCCC[C@H]3Cn3cccn3)cc2n1. The molecule has 1 fully saturated rings. The minimum Gasteiger partial charge on any atom is -0.449 e. The summed E-state index contributed by atoms with van der Waals surface area (Å²) >= 11 is 0. The Morgan fingerprint density at radius 2 is 2.29 bits per heavy atom. The number of rotatable bonds is 3. The van der Waals surface area contributed by atoms with Crippen molar-refractivity contribution in [1.29, 1.82) is 0 Å². The molecule has 24 heavy (non-hydrogen) atoms. The van der Waals surface area contributed by atoms with Crippen LogP contribution in [0.2, 0.25) is 0 Å². The van der Waals surface area contributed by atoms with Crippen molar-refractivity contribution in [1.82, 2.24) is 19.7 Å². The van der Waals surface area contributed by atoms with Gasteiger partial charge in [0, 0.05) is 30.7 Å². The molecule has 0 spiro atoms. The van der Waals surface area contributed by atoms with Gasteiger partial charge in [0.2, 0.25) is 0 Å². The number of aryl methyl sites for hydroxylation is 1. The number of piperidine rings is 1. The van der Waals surface area contributed by atoms with E-state index in [0.717, 1.165) is 43.6 Å². The number of pyridine rings is 1. The van der Waals surface area contributed by atoms with Crippen LogP contribution in [0.3, 0.4) is 0 Å². The minimum absolute atomic E-state index is 0.0532. The lowest BCUT2D eigenvalue weighted by Crippen LogP contribution is -2.45. The summed E-state index contributed by atoms with van der Waals surface area (Å²) in [5, 5.41) is 4.27. The standard InChI is InChI=1S/C18H20N4O2/c1-13-6-7-16-15(20-13)11-17(24-16)18(23)22-10-3-2-5-14(22)12-21-9-4-8-19-21/h4,6-9,11,14H,2-3,5,10,12H2,1H3/t14-/m0/s1. The van der Waals surface area contributed by atoms with Gasteiger partial charge in [-0.15, -0.1) is 0 Å². The number of carbonyl (C=O) groups is 1. The van der Waals surface area contributed by atoms with Crippen LogP contribution in [0.4, 0.5) is 0 Å². The third kappa shape index (κ3) is 2.79. The lowest BCUT2D eigenvalue weighted by atomic mass is 10.0. The van der Waals surface area contributed by atoms with Crippen molar-refractivity contribution in [2.75, 3.05) is 6.54 Å². The molecule has 3 aromatic heterocycles. The third-order valence-electron chi connectivity index (χ3n) is 4.57. The molecule has 0 bridgehead atoms. The van der Waals surface area contributed by atoms with Crippen LogP contribution in [-0.2, 0) is 6.54 Å². The number of hydrogen-bond acceptors (Lipinski definition) is 4. The second-order valence-corrected chi connectivity index (χ2v) is 6.32. The van der Waals surface area contributed by atoms with Crippen molar-refractivity contribution in [3.05, 3.63) is 48.1 Å². The summed E-state index contributed by atoms with van der Waals surface area (Å²) in [5.74, 6) is 0.318. The Balaban J connectivity index is 1.60. The zero-order chi connectivity index (χ0) is 16.5. The Hall–Kier alpha value is -2.63. The second kappa shape index (κ2) is 6.11. The maximum atomic E-state index is 13.0. The van der Waals surface area contributed by atoms with Gasteiger partial charge in [0.1, 0.15) is 5.52 Å². The van der Waals surface area contributed by atoms with Gasteiger partial charge < -0.3 is 9.32 Å². The maximum Gasteiger partial charge on any atom is 0.289 e. The van der Waals surface area contributed by atoms with Crippen molar-refractivity contribution >= 4 is 17.0 Å². The number of nitrogens with zero attached hydrogens (tertiary/aromatic N) is 4. The zero-order valence-corrected chi connectivity index (χ0v) is 13.7. The Labute approximate surface area is 140 Å². The van der Waals surface area contributed by atoms with Gasteiger partial charge in [-0.1, -0.05) is 0 Å². The number of fused-ring (bicyclic) bond motifs is 1. The lowest BCUT2D eigenvalue weighted by Gasteiger charge is -2.35. The molecule has 1 aliphatic rings. The molecule has 1 atom stereocenters. The van der Waals surface area contributed by atoms with E-state index in [1.54, 1.807) is 12.3 Å². The van der Waals surface area contributed by atoms with Crippen molar-refractivity contribution < 1.29 is 9.21 Å². The minimum atomic E-state index is -0.0532. The molecule has 1 saturated heterocycles. The Morgan fingerprint density at radius 3 is 3.12 bits per heavy atom. The molecule has 1 amide bonds. The number of furan rings is 1. The van der Waals surface area contributed by atoms with Crippen LogP contribution in [0.25, 0.3) is 11.1 Å². The van der Waals surface area contributed by atoms with Gasteiger partial charge in [-0.2, -0.15) is 5.10 Å². The van der Waals surface area contributed by atoms with Gasteiger partial charge in [-0.3, -0.25) is 9.48 Å². The average Bonchev–Trinajstić information content (AvgIpc) is 3.23. The van der Waals surface area contributed by atoms with Crippen LogP contribution < -0.4 is 0 Å². The van der Waals surface area contributed by atoms with E-state index in [0.29, 0.717) is 11.3 Å². The summed E-state index contributed by atoms with van der Waals surface area (Å²) in [4.78, 5) is 19.3. The van der Waals surface area contributed by atoms with E-state index >= 15 is 0 Å². The van der Waals surface area contributed by atoms with Gasteiger partial charge >= 0.3 is 0 Å². The molecule has 1 aliphatic heterocycles. The van der Waals surface area contributed by atoms with E-state index in [9.17, 15) is 4.79 Å². The fourth-order valence-electron chi connectivity index (χ4n) is 3.35. The number of amides is 1. The molecular weight excluding hydrogens is 304 g/mol. The lowest BCUT2D eigenvalue weighted by molar-refractivity contribution is 0.0554. The normalized spacial score (nSPS) is 18.2. The quantitative estimate of drug-likeness (QED) is 0.743. The molecule has 0 N–H and O–H groups in total. The molecule has 0 saturated carbocycles. The molecule has 4 rings (SSSR count). The number of likely N-dealkylation sites (tertiary alicyclic amines) is 1. The van der Waals surface area contributed by atoms with Gasteiger partial charge in [0.15, 0.2) is 11.3 Å². The number of carbonyl (C=O) groups excluding carboxylic acids is 1. The highest BCUT2D eigenvalue weighted by atomic mass is 16.3. The molecule has 6 nitrogen and oxygen atoms in total. The van der Waals surface area contributed by atoms with Gasteiger partial charge in [-0.25, -0.2) is 4.98 Å². The second-order valence-electron chi connectivity index (χ2n) is 6.32. The van der Waals surface area contributed by atoms with Crippen LogP contribution in [-0.4, -0.2) is 38.2 Å². The molecule has 0 aliphatic carbocycles. The molecular formula is C18H20N4O2. The predicted molar refractivity (Wildman–Crippen MR) is 89.6 cm³/mol. The first-order valence-electron chi connectivity index (χ1n) is 8.36. The monoisotopic (exact) mass is 324 g/mol. The zero-order valence-electron chi connectivity index (χ0n) is 13.7. The van der Waals surface area contributed by atoms with Crippen LogP contribution in [0.15, 0.2) is 41.1 Å². The molecule has 3 aromatic rings. The molecule has 124 valence electrons. The average molecular weight is 324 g/mol. The summed E-state index contributed by atoms with van der Waals surface area (Å²) in [7, 11) is 0. The van der Waals surface area contributed by atoms with Crippen LogP contribution in [0.1, 0.15) is 35.5 Å². The summed E-state index contributed by atoms with van der Waals surface area (Å²) in [5.41, 5.74) is 2.31. The number of aromatic nitrogens is 3. The Morgan fingerprint density at radius 1 is 1.38 bits per heavy atom. The smallest absolute Gasteiger partial charge is 0.289 e. The molecule has 6 heteroatoms. The number of hydrogen-bond donors (Lipinski definition) is 0. The summed E-state index contributed by atoms with van der Waals surface area (Å²) in [6.45, 7) is 3.41. The highest BCUT2D eigenvalue weighted by Crippen LogP contribution is 2.24. The van der Waals surface area contributed by atoms with E-state index in [1.165, 1.54) is 0 Å². The molecule has 4 heterocycles. The van der Waals surface area contributed by atoms with Crippen LogP contribution in [0.5, 0.6) is 0 Å². The van der Waals surface area contributed by atoms with Gasteiger partial charge in [0.25, 0.3) is 5.91 Å². The predicted octanol–water partition coefficient (Wildman–Crippen LogP) is 3.03. The summed E-state index contributed by atoms with van der Waals surface area (Å²) < 4.78 is 7.63. The largest absolute Gasteiger partial charge is 0.449 e. The first-order valence-corrected chi connectivity index (χ1v) is 8.36. The first kappa shape index (κ1) is 14.9. The van der Waals surface area contributed by atoms with E-state index in [4.69, 9.17) is 4.42 Å². The molecule has 0 aromatic carbocycles. The van der Waals surface area contributed by atoms with E-state index < -0.39 is 0 Å². The Kier molecular flexibility index (Phi) is 3.80. The van der Waals surface area contributed by atoms with Crippen LogP contribution in [0, 0.1) is 6.92 Å². The highest BCUT2D eigenvalue weighted by molar-refractivity contribution is 5.95. The summed E-state index contributed by atoms with van der Waals surface area (Å²) in [6.07, 6.45) is 6.85. The van der Waals surface area contributed by atoms with Crippen LogP contribution >= 0.6 is 0 Å².